The van der Waals surface area contributed by atoms with Gasteiger partial charge < -0.3 is 4.74 Å². The molecule has 0 bridgehead atoms. The van der Waals surface area contributed by atoms with Gasteiger partial charge in [0.15, 0.2) is 0 Å². The molecular weight excluding hydrogens is 322 g/mol. The summed E-state index contributed by atoms with van der Waals surface area (Å²) < 4.78 is 5.56. The molecule has 1 amide bonds. The molecule has 4 heteroatoms. The van der Waals surface area contributed by atoms with Gasteiger partial charge >= 0.3 is 6.09 Å². The molecule has 0 aliphatic carbocycles. The lowest BCUT2D eigenvalue weighted by Crippen LogP contribution is -2.36. The number of hydrogen-bond donors (Lipinski definition) is 0. The summed E-state index contributed by atoms with van der Waals surface area (Å²) >= 11 is 6.32. The van der Waals surface area contributed by atoms with Gasteiger partial charge in [0.2, 0.25) is 0 Å². The van der Waals surface area contributed by atoms with E-state index in [1.54, 1.807) is 12.1 Å². The predicted octanol–water partition coefficient (Wildman–Crippen LogP) is 6.06. The molecule has 0 radical (unpaired) electrons. The lowest BCUT2D eigenvalue weighted by atomic mass is 10.1. The number of aryl methyl sites for hydroxylation is 1. The van der Waals surface area contributed by atoms with Gasteiger partial charge in [0.05, 0.1) is 16.4 Å². The maximum Gasteiger partial charge on any atom is 0.419 e. The average Bonchev–Trinajstić information content (AvgIpc) is 2.48. The second-order valence-corrected chi connectivity index (χ2v) is 6.94. The third kappa shape index (κ3) is 4.18. The fourth-order valence-electron chi connectivity index (χ4n) is 2.31. The minimum atomic E-state index is -0.622. The van der Waals surface area contributed by atoms with Gasteiger partial charge in [-0.2, -0.15) is 0 Å². The number of para-hydroxylation sites is 1. The van der Waals surface area contributed by atoms with E-state index in [9.17, 15) is 4.79 Å². The molecule has 2 aromatic carbocycles. The standard InChI is InChI=1S/C20H22ClNO2/c1-14-10-6-7-11-16(14)15(2)22(19(23)24-20(3,4)5)18-13-9-8-12-17(18)21/h6-13H,2H2,1,3-5H3. The van der Waals surface area contributed by atoms with E-state index in [0.717, 1.165) is 11.1 Å². The molecular formula is C20H22ClNO2. The van der Waals surface area contributed by atoms with E-state index in [0.29, 0.717) is 16.4 Å². The predicted molar refractivity (Wildman–Crippen MR) is 100 cm³/mol. The molecule has 0 aliphatic rings. The summed E-state index contributed by atoms with van der Waals surface area (Å²) in [6.45, 7) is 11.6. The Bertz CT molecular complexity index is 762. The quantitative estimate of drug-likeness (QED) is 0.677. The van der Waals surface area contributed by atoms with Crippen LogP contribution in [-0.4, -0.2) is 11.7 Å². The van der Waals surface area contributed by atoms with Crippen LogP contribution in [0.15, 0.2) is 55.1 Å². The van der Waals surface area contributed by atoms with Crippen LogP contribution >= 0.6 is 11.6 Å². The number of halogens is 1. The number of carbonyl (C=O) groups excluding carboxylic acids is 1. The summed E-state index contributed by atoms with van der Waals surface area (Å²) in [5, 5.41) is 0.457. The average molecular weight is 344 g/mol. The van der Waals surface area contributed by atoms with E-state index >= 15 is 0 Å². The zero-order valence-corrected chi connectivity index (χ0v) is 15.2. The molecule has 0 N–H and O–H groups in total. The van der Waals surface area contributed by atoms with Crippen LogP contribution in [-0.2, 0) is 4.74 Å². The molecule has 0 atom stereocenters. The van der Waals surface area contributed by atoms with Crippen molar-refractivity contribution in [2.45, 2.75) is 33.3 Å². The molecule has 3 nitrogen and oxygen atoms in total. The van der Waals surface area contributed by atoms with E-state index in [1.165, 1.54) is 4.90 Å². The highest BCUT2D eigenvalue weighted by Gasteiger charge is 2.28. The van der Waals surface area contributed by atoms with Crippen LogP contribution in [0.5, 0.6) is 0 Å². The maximum absolute atomic E-state index is 12.8. The SMILES string of the molecule is C=C(c1ccccc1C)N(C(=O)OC(C)(C)C)c1ccccc1Cl. The van der Waals surface area contributed by atoms with Crippen molar-refractivity contribution in [1.82, 2.24) is 0 Å². The summed E-state index contributed by atoms with van der Waals surface area (Å²) in [4.78, 5) is 14.2. The van der Waals surface area contributed by atoms with Crippen LogP contribution in [0.1, 0.15) is 31.9 Å². The van der Waals surface area contributed by atoms with Gasteiger partial charge in [0, 0.05) is 5.56 Å². The lowest BCUT2D eigenvalue weighted by molar-refractivity contribution is 0.0600. The highest BCUT2D eigenvalue weighted by atomic mass is 35.5. The van der Waals surface area contributed by atoms with Gasteiger partial charge in [-0.3, -0.25) is 0 Å². The van der Waals surface area contributed by atoms with Crippen molar-refractivity contribution in [3.63, 3.8) is 0 Å². The largest absolute Gasteiger partial charge is 0.443 e. The van der Waals surface area contributed by atoms with Crippen molar-refractivity contribution in [2.24, 2.45) is 0 Å². The molecule has 0 aromatic heterocycles. The van der Waals surface area contributed by atoms with E-state index in [1.807, 2.05) is 64.1 Å². The third-order valence-corrected chi connectivity index (χ3v) is 3.71. The number of ether oxygens (including phenoxy) is 1. The van der Waals surface area contributed by atoms with Crippen molar-refractivity contribution in [3.8, 4) is 0 Å². The molecule has 0 unspecified atom stereocenters. The molecule has 0 spiro atoms. The van der Waals surface area contributed by atoms with E-state index < -0.39 is 11.7 Å². The lowest BCUT2D eigenvalue weighted by Gasteiger charge is -2.29. The Labute approximate surface area is 148 Å². The fourth-order valence-corrected chi connectivity index (χ4v) is 2.53. The molecule has 0 fully saturated rings. The Morgan fingerprint density at radius 2 is 1.67 bits per heavy atom. The first-order chi connectivity index (χ1) is 11.2. The number of nitrogens with zero attached hydrogens (tertiary/aromatic N) is 1. The second kappa shape index (κ2) is 7.10. The van der Waals surface area contributed by atoms with E-state index in [4.69, 9.17) is 16.3 Å². The smallest absolute Gasteiger partial charge is 0.419 e. The summed E-state index contributed by atoms with van der Waals surface area (Å²) in [7, 11) is 0. The van der Waals surface area contributed by atoms with Crippen LogP contribution in [0.3, 0.4) is 0 Å². The molecule has 2 aromatic rings. The Morgan fingerprint density at radius 3 is 2.25 bits per heavy atom. The Kier molecular flexibility index (Phi) is 5.35. The number of hydrogen-bond acceptors (Lipinski definition) is 2. The highest BCUT2D eigenvalue weighted by Crippen LogP contribution is 2.33. The monoisotopic (exact) mass is 343 g/mol. The molecule has 0 heterocycles. The minimum Gasteiger partial charge on any atom is -0.443 e. The summed E-state index contributed by atoms with van der Waals surface area (Å²) in [5.74, 6) is 0. The first-order valence-corrected chi connectivity index (χ1v) is 8.11. The van der Waals surface area contributed by atoms with Crippen molar-refractivity contribution in [3.05, 3.63) is 71.3 Å². The zero-order chi connectivity index (χ0) is 17.9. The molecule has 0 saturated heterocycles. The van der Waals surface area contributed by atoms with Crippen LogP contribution in [0.2, 0.25) is 5.02 Å². The van der Waals surface area contributed by atoms with Crippen molar-refractivity contribution in [2.75, 3.05) is 4.90 Å². The molecule has 0 aliphatic heterocycles. The van der Waals surface area contributed by atoms with Crippen LogP contribution in [0, 0.1) is 6.92 Å². The molecule has 2 rings (SSSR count). The zero-order valence-electron chi connectivity index (χ0n) is 14.5. The maximum atomic E-state index is 12.8. The van der Waals surface area contributed by atoms with Crippen molar-refractivity contribution in [1.29, 1.82) is 0 Å². The molecule has 24 heavy (non-hydrogen) atoms. The van der Waals surface area contributed by atoms with Gasteiger partial charge in [-0.15, -0.1) is 0 Å². The van der Waals surface area contributed by atoms with Crippen LogP contribution in [0.25, 0.3) is 5.70 Å². The topological polar surface area (TPSA) is 29.5 Å². The first-order valence-electron chi connectivity index (χ1n) is 7.73. The van der Waals surface area contributed by atoms with E-state index in [2.05, 4.69) is 6.58 Å². The van der Waals surface area contributed by atoms with E-state index in [-0.39, 0.29) is 0 Å². The number of carbonyl (C=O) groups is 1. The summed E-state index contributed by atoms with van der Waals surface area (Å²) in [6.07, 6.45) is -0.510. The van der Waals surface area contributed by atoms with Crippen LogP contribution in [0.4, 0.5) is 10.5 Å². The number of anilines is 1. The van der Waals surface area contributed by atoms with Crippen molar-refractivity contribution < 1.29 is 9.53 Å². The summed E-state index contributed by atoms with van der Waals surface area (Å²) in [5.41, 5.74) is 2.33. The van der Waals surface area contributed by atoms with Crippen molar-refractivity contribution >= 4 is 29.1 Å². The van der Waals surface area contributed by atoms with Crippen LogP contribution < -0.4 is 4.90 Å². The first kappa shape index (κ1) is 18.1. The van der Waals surface area contributed by atoms with Gasteiger partial charge in [-0.25, -0.2) is 9.69 Å². The Morgan fingerprint density at radius 1 is 1.08 bits per heavy atom. The highest BCUT2D eigenvalue weighted by molar-refractivity contribution is 6.34. The van der Waals surface area contributed by atoms with Gasteiger partial charge in [-0.1, -0.05) is 54.6 Å². The molecule has 0 saturated carbocycles. The minimum absolute atomic E-state index is 0.457. The third-order valence-electron chi connectivity index (χ3n) is 3.40. The molecule has 126 valence electrons. The normalized spacial score (nSPS) is 11.0. The number of benzene rings is 2. The summed E-state index contributed by atoms with van der Waals surface area (Å²) in [6, 6.07) is 14.9. The fraction of sp³-hybridized carbons (Fsp3) is 0.250. The number of amides is 1. The van der Waals surface area contributed by atoms with Gasteiger partial charge in [0.1, 0.15) is 5.60 Å². The second-order valence-electron chi connectivity index (χ2n) is 6.53. The Hall–Kier alpha value is -2.26. The van der Waals surface area contributed by atoms with Gasteiger partial charge in [0.25, 0.3) is 0 Å². The number of rotatable bonds is 3. The Balaban J connectivity index is 2.51. The van der Waals surface area contributed by atoms with Gasteiger partial charge in [-0.05, 0) is 45.4 Å².